The number of carbonyl (C=O) groups is 1. The van der Waals surface area contributed by atoms with Crippen molar-refractivity contribution in [3.63, 3.8) is 0 Å². The molecular formula is C25H26BrN4O4S+. The van der Waals surface area contributed by atoms with Gasteiger partial charge in [0.15, 0.2) is 11.5 Å². The summed E-state index contributed by atoms with van der Waals surface area (Å²) >= 11 is 4.95. The molecule has 1 amide bonds. The average molecular weight is 558 g/mol. The number of ether oxygens (including phenoxy) is 2. The zero-order chi connectivity index (χ0) is 25.1. The highest BCUT2D eigenvalue weighted by Gasteiger charge is 2.45. The number of H-pyrrole nitrogens is 1. The largest absolute Gasteiger partial charge is 0.493 e. The molecule has 0 unspecified atom stereocenters. The molecule has 0 bridgehead atoms. The van der Waals surface area contributed by atoms with Crippen LogP contribution >= 0.6 is 27.7 Å². The Balaban J connectivity index is 2.04. The van der Waals surface area contributed by atoms with Gasteiger partial charge in [-0.2, -0.15) is 0 Å². The van der Waals surface area contributed by atoms with E-state index in [9.17, 15) is 9.59 Å². The number of nitrogens with zero attached hydrogens (tertiary/aromatic N) is 3. The summed E-state index contributed by atoms with van der Waals surface area (Å²) in [5.41, 5.74) is 2.07. The van der Waals surface area contributed by atoms with Crippen molar-refractivity contribution in [2.45, 2.75) is 31.6 Å². The summed E-state index contributed by atoms with van der Waals surface area (Å²) in [4.78, 5) is 31.3. The number of benzene rings is 2. The molecule has 0 saturated heterocycles. The lowest BCUT2D eigenvalue weighted by Crippen LogP contribution is -2.60. The first-order valence-corrected chi connectivity index (χ1v) is 12.9. The van der Waals surface area contributed by atoms with Gasteiger partial charge in [0, 0.05) is 17.3 Å². The first-order valence-electron chi connectivity index (χ1n) is 11.2. The van der Waals surface area contributed by atoms with Crippen molar-refractivity contribution < 1.29 is 19.0 Å². The maximum atomic E-state index is 13.4. The SMILES string of the molecule is C=CCSc1n[n+]2c(c(=O)[nH]1)-c1ccccc1N(C(=O)CC)[C@@H]2c1cc(Br)c(OCC)c(OC)c1. The van der Waals surface area contributed by atoms with E-state index in [-0.39, 0.29) is 17.9 Å². The third kappa shape index (κ3) is 4.60. The van der Waals surface area contributed by atoms with Crippen molar-refractivity contribution in [1.82, 2.24) is 10.1 Å². The van der Waals surface area contributed by atoms with Crippen LogP contribution in [0.15, 0.2) is 63.5 Å². The van der Waals surface area contributed by atoms with Gasteiger partial charge in [-0.05, 0) is 51.8 Å². The highest BCUT2D eigenvalue weighted by molar-refractivity contribution is 9.10. The maximum absolute atomic E-state index is 13.4. The Labute approximate surface area is 216 Å². The molecule has 4 rings (SSSR count). The molecule has 10 heteroatoms. The minimum Gasteiger partial charge on any atom is -0.493 e. The molecule has 0 aliphatic carbocycles. The minimum atomic E-state index is -0.724. The Hall–Kier alpha value is -3.11. The normalized spacial score (nSPS) is 14.2. The molecule has 1 atom stereocenters. The van der Waals surface area contributed by atoms with E-state index >= 15 is 0 Å². The zero-order valence-corrected chi connectivity index (χ0v) is 22.1. The Morgan fingerprint density at radius 2 is 2.11 bits per heavy atom. The number of halogens is 1. The van der Waals surface area contributed by atoms with Gasteiger partial charge < -0.3 is 9.47 Å². The van der Waals surface area contributed by atoms with E-state index in [1.807, 2.05) is 50.2 Å². The molecule has 2 aromatic carbocycles. The second-order valence-electron chi connectivity index (χ2n) is 7.63. The molecule has 0 saturated carbocycles. The molecule has 182 valence electrons. The predicted octanol–water partition coefficient (Wildman–Crippen LogP) is 4.48. The van der Waals surface area contributed by atoms with Crippen LogP contribution in [0.4, 0.5) is 5.69 Å². The quantitative estimate of drug-likeness (QED) is 0.249. The zero-order valence-electron chi connectivity index (χ0n) is 19.7. The fraction of sp³-hybridized carbons (Fsp3) is 0.280. The molecular weight excluding hydrogens is 532 g/mol. The number of para-hydroxylation sites is 1. The summed E-state index contributed by atoms with van der Waals surface area (Å²) < 4.78 is 13.7. The summed E-state index contributed by atoms with van der Waals surface area (Å²) in [6.45, 7) is 7.91. The van der Waals surface area contributed by atoms with Crippen molar-refractivity contribution in [2.24, 2.45) is 0 Å². The summed E-state index contributed by atoms with van der Waals surface area (Å²) in [6.07, 6.45) is 1.29. The molecule has 1 N–H and O–H groups in total. The number of rotatable bonds is 8. The van der Waals surface area contributed by atoms with Crippen LogP contribution in [0.5, 0.6) is 11.5 Å². The van der Waals surface area contributed by atoms with Gasteiger partial charge in [-0.25, -0.2) is 4.90 Å². The highest BCUT2D eigenvalue weighted by atomic mass is 79.9. The van der Waals surface area contributed by atoms with E-state index in [1.165, 1.54) is 11.8 Å². The Morgan fingerprint density at radius 3 is 2.80 bits per heavy atom. The van der Waals surface area contributed by atoms with Crippen molar-refractivity contribution in [3.8, 4) is 22.8 Å². The predicted molar refractivity (Wildman–Crippen MR) is 139 cm³/mol. The lowest BCUT2D eigenvalue weighted by molar-refractivity contribution is -0.763. The number of nitrogens with one attached hydrogen (secondary N) is 1. The van der Waals surface area contributed by atoms with Crippen LogP contribution in [0.3, 0.4) is 0 Å². The van der Waals surface area contributed by atoms with Gasteiger partial charge in [-0.3, -0.25) is 14.6 Å². The minimum absolute atomic E-state index is 0.105. The number of hydrogen-bond acceptors (Lipinski definition) is 6. The topological polar surface area (TPSA) is 88.4 Å². The van der Waals surface area contributed by atoms with Crippen LogP contribution in [0, 0.1) is 0 Å². The van der Waals surface area contributed by atoms with Crippen LogP contribution < -0.4 is 24.6 Å². The molecule has 0 radical (unpaired) electrons. The van der Waals surface area contributed by atoms with Crippen LogP contribution in [-0.2, 0) is 4.79 Å². The molecule has 0 fully saturated rings. The van der Waals surface area contributed by atoms with E-state index in [0.29, 0.717) is 56.0 Å². The second kappa shape index (κ2) is 10.7. The van der Waals surface area contributed by atoms with Crippen molar-refractivity contribution >= 4 is 39.3 Å². The van der Waals surface area contributed by atoms with Crippen LogP contribution in [0.2, 0.25) is 0 Å². The Morgan fingerprint density at radius 1 is 1.34 bits per heavy atom. The summed E-state index contributed by atoms with van der Waals surface area (Å²) in [5.74, 6) is 1.54. The molecule has 35 heavy (non-hydrogen) atoms. The first-order chi connectivity index (χ1) is 16.9. The van der Waals surface area contributed by atoms with Crippen molar-refractivity contribution in [2.75, 3.05) is 24.4 Å². The number of methoxy groups -OCH3 is 1. The highest BCUT2D eigenvalue weighted by Crippen LogP contribution is 2.42. The van der Waals surface area contributed by atoms with E-state index < -0.39 is 6.17 Å². The number of hydrogen-bond donors (Lipinski definition) is 1. The monoisotopic (exact) mass is 557 g/mol. The maximum Gasteiger partial charge on any atom is 0.325 e. The van der Waals surface area contributed by atoms with Gasteiger partial charge in [0.05, 0.1) is 35.0 Å². The second-order valence-corrected chi connectivity index (χ2v) is 9.49. The van der Waals surface area contributed by atoms with E-state index in [1.54, 1.807) is 22.8 Å². The fourth-order valence-electron chi connectivity index (χ4n) is 4.09. The van der Waals surface area contributed by atoms with Crippen molar-refractivity contribution in [3.05, 3.63) is 69.4 Å². The molecule has 1 aliphatic heterocycles. The van der Waals surface area contributed by atoms with E-state index in [0.717, 1.165) is 0 Å². The lowest BCUT2D eigenvalue weighted by atomic mass is 10.0. The Bertz CT molecular complexity index is 1340. The van der Waals surface area contributed by atoms with Gasteiger partial charge in [-0.1, -0.05) is 36.9 Å². The smallest absolute Gasteiger partial charge is 0.325 e. The van der Waals surface area contributed by atoms with Crippen molar-refractivity contribution in [1.29, 1.82) is 0 Å². The van der Waals surface area contributed by atoms with Crippen LogP contribution in [-0.4, -0.2) is 35.5 Å². The number of aromatic nitrogens is 3. The summed E-state index contributed by atoms with van der Waals surface area (Å²) in [7, 11) is 1.56. The van der Waals surface area contributed by atoms with Gasteiger partial charge in [0.1, 0.15) is 0 Å². The number of anilines is 1. The van der Waals surface area contributed by atoms with Gasteiger partial charge in [-0.15, -0.1) is 6.58 Å². The molecule has 0 spiro atoms. The summed E-state index contributed by atoms with van der Waals surface area (Å²) in [6, 6.07) is 11.1. The first kappa shape index (κ1) is 25.0. The molecule has 1 aromatic heterocycles. The number of amides is 1. The average Bonchev–Trinajstić information content (AvgIpc) is 2.87. The molecule has 3 aromatic rings. The van der Waals surface area contributed by atoms with E-state index in [4.69, 9.17) is 14.6 Å². The number of aromatic amines is 1. The van der Waals surface area contributed by atoms with Gasteiger partial charge in [0.2, 0.25) is 11.1 Å². The van der Waals surface area contributed by atoms with E-state index in [2.05, 4.69) is 27.5 Å². The number of thioether (sulfide) groups is 1. The molecule has 2 heterocycles. The third-order valence-corrected chi connectivity index (χ3v) is 6.95. The lowest BCUT2D eigenvalue weighted by Gasteiger charge is -2.32. The van der Waals surface area contributed by atoms with Gasteiger partial charge >= 0.3 is 11.3 Å². The number of carbonyl (C=O) groups excluding carboxylic acids is 1. The molecule has 1 aliphatic rings. The third-order valence-electron chi connectivity index (χ3n) is 5.51. The molecule has 8 nitrogen and oxygen atoms in total. The summed E-state index contributed by atoms with van der Waals surface area (Å²) in [5, 5.41) is 5.21. The number of fused-ring (bicyclic) bond motifs is 3. The van der Waals surface area contributed by atoms with Gasteiger partial charge in [0.25, 0.3) is 6.17 Å². The Kier molecular flexibility index (Phi) is 7.61. The standard InChI is InChI=1S/C25H25BrN4O4S/c1-5-12-35-25-27-23(32)21-16-10-8-9-11-18(16)29(20(31)6-2)24(30(21)28-25)15-13-17(26)22(34-7-3)19(14-15)33-4/h5,8-11,13-14,24H,1,6-7,12H2,2-4H3/p+1/t24-/m0/s1. The van der Waals surface area contributed by atoms with Crippen LogP contribution in [0.1, 0.15) is 32.0 Å². The van der Waals surface area contributed by atoms with Crippen LogP contribution in [0.25, 0.3) is 11.3 Å². The fourth-order valence-corrected chi connectivity index (χ4v) is 5.25.